The molecular weight excluding hydrogens is 220 g/mol. The summed E-state index contributed by atoms with van der Waals surface area (Å²) in [6.07, 6.45) is 1.14. The molecule has 0 bridgehead atoms. The zero-order chi connectivity index (χ0) is 13.1. The van der Waals surface area contributed by atoms with Crippen molar-refractivity contribution in [3.63, 3.8) is 0 Å². The molecule has 2 heteroatoms. The fourth-order valence-electron chi connectivity index (χ4n) is 2.50. The predicted octanol–water partition coefficient (Wildman–Crippen LogP) is 3.85. The van der Waals surface area contributed by atoms with Gasteiger partial charge in [0.2, 0.25) is 0 Å². The van der Waals surface area contributed by atoms with Crippen LogP contribution in [0.25, 0.3) is 10.9 Å². The molecule has 18 heavy (non-hydrogen) atoms. The fourth-order valence-corrected chi connectivity index (χ4v) is 2.50. The van der Waals surface area contributed by atoms with E-state index >= 15 is 0 Å². The lowest BCUT2D eigenvalue weighted by atomic mass is 9.94. The van der Waals surface area contributed by atoms with Crippen molar-refractivity contribution in [3.05, 3.63) is 41.6 Å². The van der Waals surface area contributed by atoms with E-state index in [1.807, 2.05) is 7.05 Å². The Morgan fingerprint density at radius 3 is 2.61 bits per heavy atom. The van der Waals surface area contributed by atoms with Crippen molar-refractivity contribution in [1.29, 1.82) is 0 Å². The number of aromatic nitrogens is 1. The number of rotatable bonds is 4. The van der Waals surface area contributed by atoms with Gasteiger partial charge in [-0.1, -0.05) is 32.0 Å². The van der Waals surface area contributed by atoms with E-state index in [2.05, 4.69) is 61.4 Å². The zero-order valence-corrected chi connectivity index (χ0v) is 11.7. The predicted molar refractivity (Wildman–Crippen MR) is 77.7 cm³/mol. The number of hydrogen-bond donors (Lipinski definition) is 1. The number of benzene rings is 1. The first-order valence-electron chi connectivity index (χ1n) is 6.65. The number of hydrogen-bond acceptors (Lipinski definition) is 2. The molecule has 1 heterocycles. The van der Waals surface area contributed by atoms with Gasteiger partial charge in [-0.3, -0.25) is 4.98 Å². The molecule has 96 valence electrons. The molecule has 2 rings (SSSR count). The molecule has 0 radical (unpaired) electrons. The third-order valence-electron chi connectivity index (χ3n) is 3.31. The average Bonchev–Trinajstić information content (AvgIpc) is 2.34. The molecule has 1 aromatic heterocycles. The van der Waals surface area contributed by atoms with Crippen LogP contribution in [-0.2, 0) is 0 Å². The van der Waals surface area contributed by atoms with Gasteiger partial charge in [0.25, 0.3) is 0 Å². The molecule has 0 fully saturated rings. The smallest absolute Gasteiger partial charge is 0.0708 e. The van der Waals surface area contributed by atoms with E-state index in [1.54, 1.807) is 0 Å². The van der Waals surface area contributed by atoms with Crippen molar-refractivity contribution >= 4 is 10.9 Å². The molecule has 0 amide bonds. The van der Waals surface area contributed by atoms with Crippen molar-refractivity contribution in [3.8, 4) is 0 Å². The highest BCUT2D eigenvalue weighted by atomic mass is 14.9. The standard InChI is InChI=1S/C16H22N2/c1-11(2)9-16(17-4)14-10-12(3)18-15-8-6-5-7-13(14)15/h5-8,10-11,16-17H,9H2,1-4H3. The van der Waals surface area contributed by atoms with E-state index in [0.717, 1.165) is 17.6 Å². The molecule has 2 nitrogen and oxygen atoms in total. The molecule has 0 saturated carbocycles. The molecule has 1 aromatic carbocycles. The first-order valence-corrected chi connectivity index (χ1v) is 6.65. The summed E-state index contributed by atoms with van der Waals surface area (Å²) in [5, 5.41) is 4.71. The Bertz CT molecular complexity index is 532. The highest BCUT2D eigenvalue weighted by Crippen LogP contribution is 2.28. The van der Waals surface area contributed by atoms with Crippen LogP contribution in [0, 0.1) is 12.8 Å². The van der Waals surface area contributed by atoms with Crippen LogP contribution >= 0.6 is 0 Å². The van der Waals surface area contributed by atoms with Gasteiger partial charge in [0.05, 0.1) is 5.52 Å². The molecule has 0 aliphatic rings. The molecule has 2 aromatic rings. The second-order valence-electron chi connectivity index (χ2n) is 5.34. The van der Waals surface area contributed by atoms with Crippen molar-refractivity contribution in [1.82, 2.24) is 10.3 Å². The Morgan fingerprint density at radius 1 is 1.22 bits per heavy atom. The van der Waals surface area contributed by atoms with Crippen LogP contribution in [0.3, 0.4) is 0 Å². The van der Waals surface area contributed by atoms with Gasteiger partial charge in [0.15, 0.2) is 0 Å². The fraction of sp³-hybridized carbons (Fsp3) is 0.438. The van der Waals surface area contributed by atoms with Crippen LogP contribution in [0.4, 0.5) is 0 Å². The minimum atomic E-state index is 0.400. The van der Waals surface area contributed by atoms with Gasteiger partial charge in [0, 0.05) is 17.1 Å². The minimum absolute atomic E-state index is 0.400. The number of aryl methyl sites for hydroxylation is 1. The van der Waals surface area contributed by atoms with E-state index in [4.69, 9.17) is 0 Å². The van der Waals surface area contributed by atoms with Gasteiger partial charge in [-0.25, -0.2) is 0 Å². The van der Waals surface area contributed by atoms with Crippen LogP contribution in [0.15, 0.2) is 30.3 Å². The van der Waals surface area contributed by atoms with Crippen LogP contribution < -0.4 is 5.32 Å². The molecule has 1 unspecified atom stereocenters. The second-order valence-corrected chi connectivity index (χ2v) is 5.34. The van der Waals surface area contributed by atoms with Gasteiger partial charge < -0.3 is 5.32 Å². The van der Waals surface area contributed by atoms with E-state index in [-0.39, 0.29) is 0 Å². The summed E-state index contributed by atoms with van der Waals surface area (Å²) in [5.41, 5.74) is 3.55. The summed E-state index contributed by atoms with van der Waals surface area (Å²) in [7, 11) is 2.04. The third-order valence-corrected chi connectivity index (χ3v) is 3.31. The van der Waals surface area contributed by atoms with Crippen LogP contribution in [0.2, 0.25) is 0 Å². The monoisotopic (exact) mass is 242 g/mol. The Hall–Kier alpha value is -1.41. The number of nitrogens with zero attached hydrogens (tertiary/aromatic N) is 1. The molecule has 1 N–H and O–H groups in total. The largest absolute Gasteiger partial charge is 0.313 e. The van der Waals surface area contributed by atoms with Crippen molar-refractivity contribution in [2.45, 2.75) is 33.2 Å². The SMILES string of the molecule is CNC(CC(C)C)c1cc(C)nc2ccccc12. The van der Waals surface area contributed by atoms with Gasteiger partial charge in [-0.15, -0.1) is 0 Å². The van der Waals surface area contributed by atoms with Gasteiger partial charge in [-0.05, 0) is 44.0 Å². The van der Waals surface area contributed by atoms with Crippen molar-refractivity contribution in [2.24, 2.45) is 5.92 Å². The first-order chi connectivity index (χ1) is 8.61. The minimum Gasteiger partial charge on any atom is -0.313 e. The van der Waals surface area contributed by atoms with Crippen LogP contribution in [0.5, 0.6) is 0 Å². The normalized spacial score (nSPS) is 13.2. The molecule has 0 aliphatic carbocycles. The Labute approximate surface area is 109 Å². The summed E-state index contributed by atoms with van der Waals surface area (Å²) in [6, 6.07) is 11.0. The van der Waals surface area contributed by atoms with Crippen molar-refractivity contribution in [2.75, 3.05) is 7.05 Å². The maximum Gasteiger partial charge on any atom is 0.0708 e. The molecule has 0 aliphatic heterocycles. The molecule has 0 saturated heterocycles. The maximum absolute atomic E-state index is 4.60. The van der Waals surface area contributed by atoms with Crippen LogP contribution in [0.1, 0.15) is 37.6 Å². The highest BCUT2D eigenvalue weighted by molar-refractivity contribution is 5.82. The van der Waals surface area contributed by atoms with E-state index in [9.17, 15) is 0 Å². The number of pyridine rings is 1. The maximum atomic E-state index is 4.60. The topological polar surface area (TPSA) is 24.9 Å². The van der Waals surface area contributed by atoms with E-state index in [1.165, 1.54) is 10.9 Å². The van der Waals surface area contributed by atoms with Gasteiger partial charge in [-0.2, -0.15) is 0 Å². The lowest BCUT2D eigenvalue weighted by molar-refractivity contribution is 0.458. The first kappa shape index (κ1) is 13.0. The van der Waals surface area contributed by atoms with E-state index < -0.39 is 0 Å². The molecular formula is C16H22N2. The summed E-state index contributed by atoms with van der Waals surface area (Å²) >= 11 is 0. The lowest BCUT2D eigenvalue weighted by Crippen LogP contribution is -2.19. The number of nitrogens with one attached hydrogen (secondary N) is 1. The third kappa shape index (κ3) is 2.70. The highest BCUT2D eigenvalue weighted by Gasteiger charge is 2.15. The number of para-hydroxylation sites is 1. The summed E-state index contributed by atoms with van der Waals surface area (Å²) < 4.78 is 0. The Morgan fingerprint density at radius 2 is 1.94 bits per heavy atom. The summed E-state index contributed by atoms with van der Waals surface area (Å²) in [4.78, 5) is 4.60. The molecule has 0 spiro atoms. The van der Waals surface area contributed by atoms with Crippen LogP contribution in [-0.4, -0.2) is 12.0 Å². The molecule has 1 atom stereocenters. The Kier molecular flexibility index (Phi) is 3.97. The number of fused-ring (bicyclic) bond motifs is 1. The quantitative estimate of drug-likeness (QED) is 0.881. The summed E-state index contributed by atoms with van der Waals surface area (Å²) in [5.74, 6) is 0.676. The summed E-state index contributed by atoms with van der Waals surface area (Å²) in [6.45, 7) is 6.60. The lowest BCUT2D eigenvalue weighted by Gasteiger charge is -2.21. The Balaban J connectivity index is 2.54. The zero-order valence-electron chi connectivity index (χ0n) is 11.7. The average molecular weight is 242 g/mol. The van der Waals surface area contributed by atoms with Gasteiger partial charge >= 0.3 is 0 Å². The van der Waals surface area contributed by atoms with Crippen molar-refractivity contribution < 1.29 is 0 Å². The second kappa shape index (κ2) is 5.49. The van der Waals surface area contributed by atoms with Gasteiger partial charge in [0.1, 0.15) is 0 Å². The van der Waals surface area contributed by atoms with E-state index in [0.29, 0.717) is 12.0 Å².